The monoisotopic (exact) mass is 138 g/mol. The molecule has 0 aromatic heterocycles. The summed E-state index contributed by atoms with van der Waals surface area (Å²) in [4.78, 5) is 10.8. The SMILES string of the molecule is O=C1C[C@H]2CC=C[C@@H](C2)O1. The third kappa shape index (κ3) is 0.939. The smallest absolute Gasteiger partial charge is 0.306 e. The van der Waals surface area contributed by atoms with Crippen molar-refractivity contribution in [1.29, 1.82) is 0 Å². The highest BCUT2D eigenvalue weighted by Crippen LogP contribution is 2.28. The maximum Gasteiger partial charge on any atom is 0.306 e. The van der Waals surface area contributed by atoms with Crippen LogP contribution in [0.1, 0.15) is 19.3 Å². The third-order valence-electron chi connectivity index (χ3n) is 2.12. The molecular formula is C8H10O2. The van der Waals surface area contributed by atoms with Gasteiger partial charge in [0.1, 0.15) is 6.10 Å². The van der Waals surface area contributed by atoms with Crippen molar-refractivity contribution in [2.75, 3.05) is 0 Å². The van der Waals surface area contributed by atoms with Gasteiger partial charge in [0, 0.05) is 6.42 Å². The molecule has 1 saturated heterocycles. The van der Waals surface area contributed by atoms with Crippen molar-refractivity contribution in [2.45, 2.75) is 25.4 Å². The summed E-state index contributed by atoms with van der Waals surface area (Å²) in [5, 5.41) is 0. The van der Waals surface area contributed by atoms with E-state index in [0.29, 0.717) is 12.3 Å². The lowest BCUT2D eigenvalue weighted by molar-refractivity contribution is -0.154. The summed E-state index contributed by atoms with van der Waals surface area (Å²) in [5.41, 5.74) is 0. The maximum absolute atomic E-state index is 10.8. The van der Waals surface area contributed by atoms with E-state index in [1.54, 1.807) is 0 Å². The fourth-order valence-electron chi connectivity index (χ4n) is 1.63. The van der Waals surface area contributed by atoms with Crippen molar-refractivity contribution in [3.63, 3.8) is 0 Å². The number of hydrogen-bond acceptors (Lipinski definition) is 2. The van der Waals surface area contributed by atoms with Gasteiger partial charge in [-0.3, -0.25) is 4.79 Å². The van der Waals surface area contributed by atoms with Gasteiger partial charge in [-0.05, 0) is 24.8 Å². The standard InChI is InChI=1S/C8H10O2/c9-8-5-6-2-1-3-7(4-6)10-8/h1,3,6-7H,2,4-5H2/t6-,7-/m0/s1. The minimum absolute atomic E-state index is 0.0226. The summed E-state index contributed by atoms with van der Waals surface area (Å²) in [5.74, 6) is 0.543. The molecule has 0 aromatic rings. The predicted octanol–water partition coefficient (Wildman–Crippen LogP) is 1.27. The lowest BCUT2D eigenvalue weighted by Gasteiger charge is -2.29. The number of rotatable bonds is 0. The first-order valence-electron chi connectivity index (χ1n) is 3.71. The molecule has 1 aliphatic carbocycles. The Morgan fingerprint density at radius 1 is 1.60 bits per heavy atom. The highest BCUT2D eigenvalue weighted by Gasteiger charge is 2.28. The van der Waals surface area contributed by atoms with Gasteiger partial charge >= 0.3 is 5.97 Å². The molecule has 0 saturated carbocycles. The van der Waals surface area contributed by atoms with Gasteiger partial charge in [-0.15, -0.1) is 0 Å². The van der Waals surface area contributed by atoms with Crippen LogP contribution in [-0.4, -0.2) is 12.1 Å². The molecule has 1 fully saturated rings. The molecule has 2 atom stereocenters. The number of carbonyl (C=O) groups excluding carboxylic acids is 1. The average Bonchev–Trinajstić information content (AvgIpc) is 1.85. The van der Waals surface area contributed by atoms with Gasteiger partial charge in [0.2, 0.25) is 0 Å². The zero-order valence-electron chi connectivity index (χ0n) is 5.75. The van der Waals surface area contributed by atoms with E-state index in [0.717, 1.165) is 12.8 Å². The Bertz CT molecular complexity index is 184. The number of hydrogen-bond donors (Lipinski definition) is 0. The molecule has 10 heavy (non-hydrogen) atoms. The molecule has 0 aromatic carbocycles. The summed E-state index contributed by atoms with van der Waals surface area (Å²) in [6.07, 6.45) is 6.94. The Kier molecular flexibility index (Phi) is 1.26. The van der Waals surface area contributed by atoms with Gasteiger partial charge in [-0.2, -0.15) is 0 Å². The molecule has 2 bridgehead atoms. The molecule has 54 valence electrons. The van der Waals surface area contributed by atoms with Crippen molar-refractivity contribution in [1.82, 2.24) is 0 Å². The molecule has 2 rings (SSSR count). The highest BCUT2D eigenvalue weighted by molar-refractivity contribution is 5.71. The summed E-state index contributed by atoms with van der Waals surface area (Å²) < 4.78 is 5.03. The largest absolute Gasteiger partial charge is 0.458 e. The van der Waals surface area contributed by atoms with E-state index in [-0.39, 0.29) is 12.1 Å². The second-order valence-electron chi connectivity index (χ2n) is 3.00. The van der Waals surface area contributed by atoms with Crippen molar-refractivity contribution in [2.24, 2.45) is 5.92 Å². The predicted molar refractivity (Wildman–Crippen MR) is 36.4 cm³/mol. The topological polar surface area (TPSA) is 26.3 Å². The Labute approximate surface area is 59.9 Å². The lowest BCUT2D eigenvalue weighted by atomic mass is 9.88. The van der Waals surface area contributed by atoms with Gasteiger partial charge < -0.3 is 4.74 Å². The van der Waals surface area contributed by atoms with Gasteiger partial charge in [-0.1, -0.05) is 6.08 Å². The Hall–Kier alpha value is -0.790. The fraction of sp³-hybridized carbons (Fsp3) is 0.625. The van der Waals surface area contributed by atoms with Crippen LogP contribution in [0.4, 0.5) is 0 Å². The van der Waals surface area contributed by atoms with Crippen molar-refractivity contribution < 1.29 is 9.53 Å². The number of carbonyl (C=O) groups is 1. The van der Waals surface area contributed by atoms with E-state index in [1.807, 2.05) is 6.08 Å². The van der Waals surface area contributed by atoms with Crippen molar-refractivity contribution in [3.8, 4) is 0 Å². The zero-order valence-corrected chi connectivity index (χ0v) is 5.75. The fourth-order valence-corrected chi connectivity index (χ4v) is 1.63. The van der Waals surface area contributed by atoms with Gasteiger partial charge in [0.15, 0.2) is 0 Å². The molecule has 1 heterocycles. The van der Waals surface area contributed by atoms with E-state index >= 15 is 0 Å². The summed E-state index contributed by atoms with van der Waals surface area (Å²) in [7, 11) is 0. The number of ether oxygens (including phenoxy) is 1. The number of fused-ring (bicyclic) bond motifs is 2. The van der Waals surface area contributed by atoms with Gasteiger partial charge in [0.05, 0.1) is 0 Å². The Balaban J connectivity index is 2.16. The van der Waals surface area contributed by atoms with Crippen LogP contribution in [0.25, 0.3) is 0 Å². The average molecular weight is 138 g/mol. The van der Waals surface area contributed by atoms with E-state index < -0.39 is 0 Å². The first-order valence-corrected chi connectivity index (χ1v) is 3.71. The van der Waals surface area contributed by atoms with Crippen LogP contribution in [0.15, 0.2) is 12.2 Å². The van der Waals surface area contributed by atoms with Crippen LogP contribution in [0.2, 0.25) is 0 Å². The van der Waals surface area contributed by atoms with Crippen molar-refractivity contribution in [3.05, 3.63) is 12.2 Å². The zero-order chi connectivity index (χ0) is 6.97. The lowest BCUT2D eigenvalue weighted by Crippen LogP contribution is -2.30. The minimum Gasteiger partial charge on any atom is -0.458 e. The van der Waals surface area contributed by atoms with Crippen LogP contribution in [-0.2, 0) is 9.53 Å². The van der Waals surface area contributed by atoms with Crippen LogP contribution >= 0.6 is 0 Å². The highest BCUT2D eigenvalue weighted by atomic mass is 16.5. The molecule has 0 unspecified atom stereocenters. The quantitative estimate of drug-likeness (QED) is 0.372. The molecule has 2 heteroatoms. The number of allylic oxidation sites excluding steroid dienone is 1. The molecule has 0 spiro atoms. The van der Waals surface area contributed by atoms with E-state index in [2.05, 4.69) is 6.08 Å². The summed E-state index contributed by atoms with van der Waals surface area (Å²) >= 11 is 0. The van der Waals surface area contributed by atoms with Crippen LogP contribution < -0.4 is 0 Å². The Morgan fingerprint density at radius 3 is 3.30 bits per heavy atom. The van der Waals surface area contributed by atoms with E-state index in [9.17, 15) is 4.79 Å². The molecule has 0 amide bonds. The van der Waals surface area contributed by atoms with Gasteiger partial charge in [-0.25, -0.2) is 0 Å². The van der Waals surface area contributed by atoms with E-state index in [4.69, 9.17) is 4.74 Å². The first kappa shape index (κ1) is 5.96. The normalized spacial score (nSPS) is 37.4. The summed E-state index contributed by atoms with van der Waals surface area (Å²) in [6.45, 7) is 0. The van der Waals surface area contributed by atoms with Crippen LogP contribution in [0.3, 0.4) is 0 Å². The second-order valence-corrected chi connectivity index (χ2v) is 3.00. The molecule has 0 radical (unpaired) electrons. The molecule has 1 aliphatic heterocycles. The first-order chi connectivity index (χ1) is 4.84. The van der Waals surface area contributed by atoms with E-state index in [1.165, 1.54) is 0 Å². The summed E-state index contributed by atoms with van der Waals surface area (Å²) in [6, 6.07) is 0. The minimum atomic E-state index is -0.0226. The molecule has 2 nitrogen and oxygen atoms in total. The number of esters is 1. The van der Waals surface area contributed by atoms with Crippen LogP contribution in [0, 0.1) is 5.92 Å². The molecular weight excluding hydrogens is 128 g/mol. The Morgan fingerprint density at radius 2 is 2.50 bits per heavy atom. The third-order valence-corrected chi connectivity index (χ3v) is 2.12. The van der Waals surface area contributed by atoms with Crippen molar-refractivity contribution >= 4 is 5.97 Å². The molecule has 2 aliphatic rings. The molecule has 0 N–H and O–H groups in total. The van der Waals surface area contributed by atoms with Crippen LogP contribution in [0.5, 0.6) is 0 Å². The second kappa shape index (κ2) is 2.11. The maximum atomic E-state index is 10.8. The van der Waals surface area contributed by atoms with Gasteiger partial charge in [0.25, 0.3) is 0 Å².